The molecular weight excluding hydrogens is 378 g/mol. The van der Waals surface area contributed by atoms with Crippen molar-refractivity contribution < 1.29 is 9.59 Å². The van der Waals surface area contributed by atoms with Gasteiger partial charge < -0.3 is 15.5 Å². The minimum Gasteiger partial charge on any atom is -0.351 e. The molecular formula is C20H22ClN5O2. The first kappa shape index (κ1) is 19.9. The van der Waals surface area contributed by atoms with Gasteiger partial charge in [-0.05, 0) is 57.4 Å². The van der Waals surface area contributed by atoms with Crippen molar-refractivity contribution in [3.05, 3.63) is 65.2 Å². The Morgan fingerprint density at radius 2 is 1.96 bits per heavy atom. The van der Waals surface area contributed by atoms with E-state index in [9.17, 15) is 9.59 Å². The highest BCUT2D eigenvalue weighted by Gasteiger charge is 2.21. The Balaban J connectivity index is 1.82. The van der Waals surface area contributed by atoms with E-state index in [0.29, 0.717) is 22.8 Å². The summed E-state index contributed by atoms with van der Waals surface area (Å²) in [7, 11) is 3.96. The molecule has 0 radical (unpaired) electrons. The predicted octanol–water partition coefficient (Wildman–Crippen LogP) is 2.92. The molecule has 2 heterocycles. The molecule has 3 aromatic rings. The van der Waals surface area contributed by atoms with Crippen molar-refractivity contribution in [3.63, 3.8) is 0 Å². The van der Waals surface area contributed by atoms with Crippen LogP contribution in [-0.4, -0.2) is 53.3 Å². The fourth-order valence-electron chi connectivity index (χ4n) is 2.80. The minimum atomic E-state index is -0.421. The van der Waals surface area contributed by atoms with Crippen molar-refractivity contribution in [3.8, 4) is 0 Å². The molecule has 28 heavy (non-hydrogen) atoms. The number of fused-ring (bicyclic) bond motifs is 1. The lowest BCUT2D eigenvalue weighted by molar-refractivity contribution is 0.0949. The third-order valence-electron chi connectivity index (χ3n) is 4.12. The summed E-state index contributed by atoms with van der Waals surface area (Å²) in [5.41, 5.74) is 1.35. The van der Waals surface area contributed by atoms with Crippen LogP contribution in [-0.2, 0) is 0 Å². The molecule has 7 nitrogen and oxygen atoms in total. The lowest BCUT2D eigenvalue weighted by Gasteiger charge is -2.09. The zero-order valence-corrected chi connectivity index (χ0v) is 16.5. The van der Waals surface area contributed by atoms with Crippen LogP contribution in [0.1, 0.15) is 27.5 Å². The standard InChI is InChI=1S/C20H22ClN5O2/c1-25(2)11-6-10-22-19(27)17-16-9-3-4-12-26(16)18(24-17)20(28)23-15-8-5-7-14(21)13-15/h3-5,7-9,12-13H,6,10-11H2,1-2H3,(H,22,27)(H,23,28). The van der Waals surface area contributed by atoms with E-state index in [1.165, 1.54) is 0 Å². The zero-order chi connectivity index (χ0) is 20.1. The Morgan fingerprint density at radius 1 is 1.14 bits per heavy atom. The maximum absolute atomic E-state index is 12.7. The van der Waals surface area contributed by atoms with Crippen molar-refractivity contribution in [2.45, 2.75) is 6.42 Å². The zero-order valence-electron chi connectivity index (χ0n) is 15.8. The molecule has 146 valence electrons. The monoisotopic (exact) mass is 399 g/mol. The smallest absolute Gasteiger partial charge is 0.292 e. The summed E-state index contributed by atoms with van der Waals surface area (Å²) in [4.78, 5) is 31.7. The number of carbonyl (C=O) groups is 2. The Morgan fingerprint density at radius 3 is 2.71 bits per heavy atom. The van der Waals surface area contributed by atoms with Crippen LogP contribution in [0.2, 0.25) is 5.02 Å². The summed E-state index contributed by atoms with van der Waals surface area (Å²) in [6.45, 7) is 1.41. The number of nitrogens with zero attached hydrogens (tertiary/aromatic N) is 3. The van der Waals surface area contributed by atoms with Crippen molar-refractivity contribution in [2.75, 3.05) is 32.5 Å². The van der Waals surface area contributed by atoms with E-state index >= 15 is 0 Å². The molecule has 3 rings (SSSR count). The highest BCUT2D eigenvalue weighted by Crippen LogP contribution is 2.18. The first-order valence-corrected chi connectivity index (χ1v) is 9.30. The Bertz CT molecular complexity index is 999. The average molecular weight is 400 g/mol. The molecule has 1 aromatic carbocycles. The summed E-state index contributed by atoms with van der Waals surface area (Å²) in [6.07, 6.45) is 2.53. The maximum Gasteiger partial charge on any atom is 0.292 e. The van der Waals surface area contributed by atoms with Crippen LogP contribution < -0.4 is 10.6 Å². The molecule has 0 aliphatic rings. The summed E-state index contributed by atoms with van der Waals surface area (Å²) in [6, 6.07) is 12.2. The molecule has 2 aromatic heterocycles. The number of rotatable bonds is 7. The summed E-state index contributed by atoms with van der Waals surface area (Å²) in [5.74, 6) is -0.589. The Labute approximate surface area is 168 Å². The van der Waals surface area contributed by atoms with Gasteiger partial charge in [0.15, 0.2) is 5.69 Å². The normalized spacial score (nSPS) is 11.0. The molecule has 0 atom stereocenters. The SMILES string of the molecule is CN(C)CCCNC(=O)c1nc(C(=O)Nc2cccc(Cl)c2)n2ccccc12. The minimum absolute atomic E-state index is 0.133. The number of aromatic nitrogens is 2. The van der Waals surface area contributed by atoms with Gasteiger partial charge in [0.1, 0.15) is 0 Å². The predicted molar refractivity (Wildman–Crippen MR) is 110 cm³/mol. The van der Waals surface area contributed by atoms with E-state index in [4.69, 9.17) is 11.6 Å². The highest BCUT2D eigenvalue weighted by molar-refractivity contribution is 6.31. The van der Waals surface area contributed by atoms with E-state index < -0.39 is 5.91 Å². The Kier molecular flexibility index (Phi) is 6.28. The fraction of sp³-hybridized carbons (Fsp3) is 0.250. The van der Waals surface area contributed by atoms with Crippen LogP contribution in [0.5, 0.6) is 0 Å². The van der Waals surface area contributed by atoms with Crippen molar-refractivity contribution in [1.82, 2.24) is 19.6 Å². The molecule has 2 N–H and O–H groups in total. The summed E-state index contributed by atoms with van der Waals surface area (Å²) < 4.78 is 1.61. The largest absolute Gasteiger partial charge is 0.351 e. The lowest BCUT2D eigenvalue weighted by Crippen LogP contribution is -2.27. The first-order valence-electron chi connectivity index (χ1n) is 8.92. The highest BCUT2D eigenvalue weighted by atomic mass is 35.5. The van der Waals surface area contributed by atoms with Crippen molar-refractivity contribution >= 4 is 34.6 Å². The van der Waals surface area contributed by atoms with Crippen LogP contribution in [0.4, 0.5) is 5.69 Å². The second kappa shape index (κ2) is 8.86. The third kappa shape index (κ3) is 4.68. The second-order valence-electron chi connectivity index (χ2n) is 6.62. The van der Waals surface area contributed by atoms with Crippen molar-refractivity contribution in [2.24, 2.45) is 0 Å². The van der Waals surface area contributed by atoms with Gasteiger partial charge in [-0.15, -0.1) is 0 Å². The van der Waals surface area contributed by atoms with Gasteiger partial charge in [0, 0.05) is 23.5 Å². The summed E-state index contributed by atoms with van der Waals surface area (Å²) >= 11 is 5.97. The fourth-order valence-corrected chi connectivity index (χ4v) is 2.99. The van der Waals surface area contributed by atoms with Gasteiger partial charge in [0.2, 0.25) is 5.82 Å². The molecule has 0 saturated carbocycles. The van der Waals surface area contributed by atoms with Gasteiger partial charge in [0.25, 0.3) is 11.8 Å². The first-order chi connectivity index (χ1) is 13.5. The lowest BCUT2D eigenvalue weighted by atomic mass is 10.3. The number of nitrogens with one attached hydrogen (secondary N) is 2. The van der Waals surface area contributed by atoms with Gasteiger partial charge in [0.05, 0.1) is 5.52 Å². The van der Waals surface area contributed by atoms with Gasteiger partial charge in [-0.1, -0.05) is 23.7 Å². The average Bonchev–Trinajstić information content (AvgIpc) is 3.05. The molecule has 2 amide bonds. The number of amides is 2. The molecule has 0 aliphatic carbocycles. The van der Waals surface area contributed by atoms with Crippen LogP contribution in [0, 0.1) is 0 Å². The molecule has 0 unspecified atom stereocenters. The molecule has 8 heteroatoms. The molecule has 0 spiro atoms. The van der Waals surface area contributed by atoms with E-state index in [-0.39, 0.29) is 17.4 Å². The van der Waals surface area contributed by atoms with E-state index in [0.717, 1.165) is 13.0 Å². The molecule has 0 saturated heterocycles. The van der Waals surface area contributed by atoms with Crippen LogP contribution in [0.3, 0.4) is 0 Å². The van der Waals surface area contributed by atoms with Gasteiger partial charge >= 0.3 is 0 Å². The number of imidazole rings is 1. The van der Waals surface area contributed by atoms with Gasteiger partial charge in [-0.2, -0.15) is 0 Å². The molecule has 0 aliphatic heterocycles. The van der Waals surface area contributed by atoms with E-state index in [1.54, 1.807) is 53.1 Å². The Hall–Kier alpha value is -2.90. The van der Waals surface area contributed by atoms with Crippen LogP contribution in [0.15, 0.2) is 48.7 Å². The number of hydrogen-bond acceptors (Lipinski definition) is 4. The van der Waals surface area contributed by atoms with Crippen LogP contribution >= 0.6 is 11.6 Å². The second-order valence-corrected chi connectivity index (χ2v) is 7.05. The molecule has 0 bridgehead atoms. The summed E-state index contributed by atoms with van der Waals surface area (Å²) in [5, 5.41) is 6.15. The quantitative estimate of drug-likeness (QED) is 0.599. The number of pyridine rings is 1. The number of hydrogen-bond donors (Lipinski definition) is 2. The van der Waals surface area contributed by atoms with Gasteiger partial charge in [-0.3, -0.25) is 14.0 Å². The van der Waals surface area contributed by atoms with Gasteiger partial charge in [-0.25, -0.2) is 4.98 Å². The van der Waals surface area contributed by atoms with E-state index in [1.807, 2.05) is 14.1 Å². The van der Waals surface area contributed by atoms with Crippen molar-refractivity contribution in [1.29, 1.82) is 0 Å². The molecule has 0 fully saturated rings. The number of benzene rings is 1. The topological polar surface area (TPSA) is 78.7 Å². The number of halogens is 1. The van der Waals surface area contributed by atoms with E-state index in [2.05, 4.69) is 20.5 Å². The third-order valence-corrected chi connectivity index (χ3v) is 4.35. The number of anilines is 1. The maximum atomic E-state index is 12.7. The van der Waals surface area contributed by atoms with Crippen LogP contribution in [0.25, 0.3) is 5.52 Å². The number of carbonyl (C=O) groups excluding carboxylic acids is 2.